The van der Waals surface area contributed by atoms with E-state index in [0.717, 1.165) is 23.6 Å². The predicted octanol–water partition coefficient (Wildman–Crippen LogP) is 0.718. The lowest BCUT2D eigenvalue weighted by molar-refractivity contribution is -0.131. The number of carbonyl (C=O) groups excluding carboxylic acids is 1. The molecule has 9 heteroatoms. The zero-order valence-electron chi connectivity index (χ0n) is 16.7. The average molecular weight is 429 g/mol. The van der Waals surface area contributed by atoms with Crippen LogP contribution in [0.4, 0.5) is 0 Å². The average Bonchev–Trinajstić information content (AvgIpc) is 3.35. The number of hydrogen-bond donors (Lipinski definition) is 3. The molecule has 1 aliphatic carbocycles. The van der Waals surface area contributed by atoms with Crippen LogP contribution in [0.5, 0.6) is 0 Å². The summed E-state index contributed by atoms with van der Waals surface area (Å²) in [5, 5.41) is 23.1. The van der Waals surface area contributed by atoms with Crippen molar-refractivity contribution in [3.05, 3.63) is 30.0 Å². The zero-order valence-corrected chi connectivity index (χ0v) is 17.5. The quantitative estimate of drug-likeness (QED) is 0.353. The van der Waals surface area contributed by atoms with E-state index in [1.54, 1.807) is 10.9 Å². The van der Waals surface area contributed by atoms with Crippen LogP contribution in [0.3, 0.4) is 0 Å². The molecular weight excluding hydrogens is 406 g/mol. The van der Waals surface area contributed by atoms with Gasteiger partial charge in [-0.15, -0.1) is 0 Å². The highest BCUT2D eigenvalue weighted by atomic mass is 32.2. The maximum absolute atomic E-state index is 12.1. The number of aromatic nitrogens is 2. The third kappa shape index (κ3) is 4.65. The Bertz CT molecular complexity index is 1200. The first kappa shape index (κ1) is 21.8. The van der Waals surface area contributed by atoms with Gasteiger partial charge >= 0.3 is 0 Å². The fourth-order valence-corrected chi connectivity index (χ4v) is 3.89. The maximum Gasteiger partial charge on any atom is 0.264 e. The van der Waals surface area contributed by atoms with Gasteiger partial charge in [0.05, 0.1) is 5.52 Å². The molecular formula is C21H23N3O5S. The highest BCUT2D eigenvalue weighted by molar-refractivity contribution is 7.92. The number of carbonyl (C=O) groups is 1. The summed E-state index contributed by atoms with van der Waals surface area (Å²) >= 11 is 0. The molecule has 3 rings (SSSR count). The van der Waals surface area contributed by atoms with E-state index in [2.05, 4.69) is 28.8 Å². The molecule has 1 aromatic carbocycles. The Morgan fingerprint density at radius 1 is 1.40 bits per heavy atom. The van der Waals surface area contributed by atoms with Crippen LogP contribution in [0, 0.1) is 35.5 Å². The van der Waals surface area contributed by atoms with Crippen molar-refractivity contribution in [2.75, 3.05) is 12.9 Å². The SMILES string of the molecule is CC(CCn1cc2cc(C#CC#CC3C[C@H]3CO)ccc2n1)(C(=O)NO)S(C)(=O)=O. The Morgan fingerprint density at radius 3 is 2.80 bits per heavy atom. The van der Waals surface area contributed by atoms with Crippen molar-refractivity contribution < 1.29 is 23.5 Å². The lowest BCUT2D eigenvalue weighted by Crippen LogP contribution is -2.49. The molecule has 0 bridgehead atoms. The van der Waals surface area contributed by atoms with Crippen molar-refractivity contribution >= 4 is 26.6 Å². The molecule has 1 aromatic heterocycles. The van der Waals surface area contributed by atoms with Gasteiger partial charge in [0.1, 0.15) is 0 Å². The second kappa shape index (κ2) is 8.49. The van der Waals surface area contributed by atoms with Crippen molar-refractivity contribution in [1.29, 1.82) is 0 Å². The van der Waals surface area contributed by atoms with E-state index in [1.807, 2.05) is 18.2 Å². The number of aliphatic hydroxyl groups is 1. The Hall–Kier alpha value is -2.85. The van der Waals surface area contributed by atoms with E-state index >= 15 is 0 Å². The molecule has 3 atom stereocenters. The molecule has 0 aliphatic heterocycles. The fourth-order valence-electron chi connectivity index (χ4n) is 3.04. The molecule has 1 fully saturated rings. The number of fused-ring (bicyclic) bond motifs is 1. The second-order valence-corrected chi connectivity index (χ2v) is 10.1. The van der Waals surface area contributed by atoms with E-state index < -0.39 is 20.5 Å². The van der Waals surface area contributed by atoms with Gasteiger partial charge in [-0.25, -0.2) is 13.9 Å². The minimum absolute atomic E-state index is 0.0511. The number of aliphatic hydroxyl groups excluding tert-OH is 1. The summed E-state index contributed by atoms with van der Waals surface area (Å²) in [5.74, 6) is 11.2. The van der Waals surface area contributed by atoms with E-state index in [1.165, 1.54) is 12.4 Å². The number of benzene rings is 1. The number of amides is 1. The third-order valence-electron chi connectivity index (χ3n) is 5.45. The molecule has 1 heterocycles. The van der Waals surface area contributed by atoms with Gasteiger partial charge in [0.2, 0.25) is 0 Å². The summed E-state index contributed by atoms with van der Waals surface area (Å²) in [7, 11) is -3.76. The van der Waals surface area contributed by atoms with Gasteiger partial charge in [-0.05, 0) is 55.7 Å². The van der Waals surface area contributed by atoms with E-state index in [-0.39, 0.29) is 31.4 Å². The van der Waals surface area contributed by atoms with Crippen molar-refractivity contribution in [2.45, 2.75) is 31.1 Å². The highest BCUT2D eigenvalue weighted by Crippen LogP contribution is 2.36. The van der Waals surface area contributed by atoms with Gasteiger partial charge < -0.3 is 5.11 Å². The molecule has 2 aromatic rings. The highest BCUT2D eigenvalue weighted by Gasteiger charge is 2.43. The molecule has 1 amide bonds. The standard InChI is InChI=1S/C21H23N3O5S/c1-21(20(26)23-27,30(2,28)29)9-10-24-13-17-11-15(7-8-19(17)22-24)5-3-4-6-16-12-18(16)14-25/h7-8,11,13,16,18,25,27H,9-10,12,14H2,1-2H3,(H,23,26)/t16?,18-,21?/m0/s1. The van der Waals surface area contributed by atoms with Crippen LogP contribution in [0.1, 0.15) is 25.3 Å². The molecule has 1 saturated carbocycles. The van der Waals surface area contributed by atoms with Crippen molar-refractivity contribution in [3.8, 4) is 23.7 Å². The lowest BCUT2D eigenvalue weighted by Gasteiger charge is -2.24. The smallest absolute Gasteiger partial charge is 0.264 e. The van der Waals surface area contributed by atoms with Crippen LogP contribution in [0.2, 0.25) is 0 Å². The molecule has 8 nitrogen and oxygen atoms in total. The normalized spacial score (nSPS) is 19.7. The number of rotatable bonds is 6. The second-order valence-electron chi connectivity index (χ2n) is 7.66. The first-order chi connectivity index (χ1) is 14.2. The minimum Gasteiger partial charge on any atom is -0.396 e. The topological polar surface area (TPSA) is 122 Å². The van der Waals surface area contributed by atoms with Gasteiger partial charge in [-0.2, -0.15) is 5.10 Å². The number of nitrogens with one attached hydrogen (secondary N) is 1. The van der Waals surface area contributed by atoms with Crippen LogP contribution < -0.4 is 5.48 Å². The number of hydroxylamine groups is 1. The van der Waals surface area contributed by atoms with Crippen LogP contribution in [-0.4, -0.2) is 52.0 Å². The summed E-state index contributed by atoms with van der Waals surface area (Å²) in [5.41, 5.74) is 2.92. The van der Waals surface area contributed by atoms with Gasteiger partial charge in [0.25, 0.3) is 5.91 Å². The van der Waals surface area contributed by atoms with E-state index in [4.69, 9.17) is 10.3 Å². The minimum atomic E-state index is -3.76. The van der Waals surface area contributed by atoms with Crippen LogP contribution in [0.15, 0.2) is 24.4 Å². The fraction of sp³-hybridized carbons (Fsp3) is 0.429. The number of sulfone groups is 1. The summed E-state index contributed by atoms with van der Waals surface area (Å²) in [6, 6.07) is 5.49. The molecule has 1 aliphatic rings. The summed E-state index contributed by atoms with van der Waals surface area (Å²) in [6.45, 7) is 1.61. The van der Waals surface area contributed by atoms with Gasteiger partial charge in [0, 0.05) is 42.5 Å². The monoisotopic (exact) mass is 429 g/mol. The Morgan fingerprint density at radius 2 is 2.17 bits per heavy atom. The van der Waals surface area contributed by atoms with Crippen LogP contribution in [-0.2, 0) is 21.2 Å². The van der Waals surface area contributed by atoms with Crippen LogP contribution >= 0.6 is 0 Å². The first-order valence-corrected chi connectivity index (χ1v) is 11.3. The van der Waals surface area contributed by atoms with Crippen molar-refractivity contribution in [2.24, 2.45) is 11.8 Å². The van der Waals surface area contributed by atoms with E-state index in [0.29, 0.717) is 5.52 Å². The molecule has 0 saturated heterocycles. The van der Waals surface area contributed by atoms with Crippen LogP contribution in [0.25, 0.3) is 10.9 Å². The predicted molar refractivity (Wildman–Crippen MR) is 111 cm³/mol. The molecule has 3 N–H and O–H groups in total. The molecule has 0 spiro atoms. The maximum atomic E-state index is 12.1. The lowest BCUT2D eigenvalue weighted by atomic mass is 10.1. The van der Waals surface area contributed by atoms with Crippen molar-refractivity contribution in [1.82, 2.24) is 15.3 Å². The van der Waals surface area contributed by atoms with Gasteiger partial charge in [-0.1, -0.05) is 11.8 Å². The summed E-state index contributed by atoms with van der Waals surface area (Å²) in [6.07, 6.45) is 3.59. The van der Waals surface area contributed by atoms with Gasteiger partial charge in [-0.3, -0.25) is 14.7 Å². The first-order valence-electron chi connectivity index (χ1n) is 9.41. The number of aryl methyl sites for hydroxylation is 1. The Balaban J connectivity index is 1.72. The van der Waals surface area contributed by atoms with E-state index in [9.17, 15) is 13.2 Å². The zero-order chi connectivity index (χ0) is 21.9. The molecule has 158 valence electrons. The summed E-state index contributed by atoms with van der Waals surface area (Å²) in [4.78, 5) is 11.9. The number of hydrogen-bond acceptors (Lipinski definition) is 6. The Labute approximate surface area is 175 Å². The third-order valence-corrected chi connectivity index (χ3v) is 7.48. The summed E-state index contributed by atoms with van der Waals surface area (Å²) < 4.78 is 23.9. The van der Waals surface area contributed by atoms with Gasteiger partial charge in [0.15, 0.2) is 14.6 Å². The molecule has 30 heavy (non-hydrogen) atoms. The largest absolute Gasteiger partial charge is 0.396 e. The van der Waals surface area contributed by atoms with Crippen molar-refractivity contribution in [3.63, 3.8) is 0 Å². The molecule has 2 unspecified atom stereocenters. The molecule has 0 radical (unpaired) electrons. The number of nitrogens with zero attached hydrogens (tertiary/aromatic N) is 2. The Kier molecular flexibility index (Phi) is 6.18.